The first-order valence-corrected chi connectivity index (χ1v) is 5.29. The van der Waals surface area contributed by atoms with E-state index >= 15 is 0 Å². The van der Waals surface area contributed by atoms with Crippen LogP contribution >= 0.6 is 0 Å². The van der Waals surface area contributed by atoms with Gasteiger partial charge >= 0.3 is 6.18 Å². The first-order chi connectivity index (χ1) is 9.21. The predicted octanol–water partition coefficient (Wildman–Crippen LogP) is 1.83. The number of hydrogen-bond donors (Lipinski definition) is 1. The van der Waals surface area contributed by atoms with Gasteiger partial charge in [0.05, 0.1) is 23.6 Å². The standard InChI is InChI=1S/C11H8F4N4O/c1-5-2-8(12)17-4-7(5)19-9(11(13,14)15)6(3-18-19)10(16)20/h2-4H,1H3,(H2,16,20). The molecule has 0 aliphatic carbocycles. The van der Waals surface area contributed by atoms with Crippen molar-refractivity contribution in [3.63, 3.8) is 0 Å². The fourth-order valence-electron chi connectivity index (χ4n) is 1.72. The molecule has 5 nitrogen and oxygen atoms in total. The van der Waals surface area contributed by atoms with E-state index in [0.29, 0.717) is 10.9 Å². The van der Waals surface area contributed by atoms with E-state index in [1.807, 2.05) is 0 Å². The lowest BCUT2D eigenvalue weighted by atomic mass is 10.2. The van der Waals surface area contributed by atoms with Gasteiger partial charge in [0.15, 0.2) is 5.69 Å². The first-order valence-electron chi connectivity index (χ1n) is 5.29. The molecule has 0 radical (unpaired) electrons. The van der Waals surface area contributed by atoms with Crippen molar-refractivity contribution in [1.29, 1.82) is 0 Å². The van der Waals surface area contributed by atoms with Gasteiger partial charge in [0.1, 0.15) is 0 Å². The number of alkyl halides is 3. The average molecular weight is 288 g/mol. The van der Waals surface area contributed by atoms with E-state index < -0.39 is 29.3 Å². The van der Waals surface area contributed by atoms with E-state index in [1.165, 1.54) is 6.92 Å². The van der Waals surface area contributed by atoms with Gasteiger partial charge in [-0.15, -0.1) is 0 Å². The highest BCUT2D eigenvalue weighted by Crippen LogP contribution is 2.33. The van der Waals surface area contributed by atoms with Crippen LogP contribution in [0.5, 0.6) is 0 Å². The number of halogens is 4. The molecule has 0 aliphatic heterocycles. The second-order valence-corrected chi connectivity index (χ2v) is 3.97. The van der Waals surface area contributed by atoms with Gasteiger partial charge in [0.25, 0.3) is 5.91 Å². The minimum absolute atomic E-state index is 0.0915. The number of pyridine rings is 1. The summed E-state index contributed by atoms with van der Waals surface area (Å²) in [6, 6.07) is 0.959. The first kappa shape index (κ1) is 14.0. The maximum absolute atomic E-state index is 13.0. The van der Waals surface area contributed by atoms with Crippen molar-refractivity contribution < 1.29 is 22.4 Å². The largest absolute Gasteiger partial charge is 0.434 e. The van der Waals surface area contributed by atoms with Crippen LogP contribution in [0.25, 0.3) is 5.69 Å². The van der Waals surface area contributed by atoms with Crippen molar-refractivity contribution in [1.82, 2.24) is 14.8 Å². The molecule has 1 amide bonds. The second-order valence-electron chi connectivity index (χ2n) is 3.97. The Morgan fingerprint density at radius 3 is 2.50 bits per heavy atom. The summed E-state index contributed by atoms with van der Waals surface area (Å²) in [6.07, 6.45) is -3.23. The lowest BCUT2D eigenvalue weighted by Gasteiger charge is -2.13. The summed E-state index contributed by atoms with van der Waals surface area (Å²) in [4.78, 5) is 14.3. The molecular formula is C11H8F4N4O. The monoisotopic (exact) mass is 288 g/mol. The number of aryl methyl sites for hydroxylation is 1. The van der Waals surface area contributed by atoms with Crippen LogP contribution < -0.4 is 5.73 Å². The summed E-state index contributed by atoms with van der Waals surface area (Å²) < 4.78 is 52.5. The van der Waals surface area contributed by atoms with Crippen LogP contribution in [0.3, 0.4) is 0 Å². The molecule has 2 heterocycles. The summed E-state index contributed by atoms with van der Waals surface area (Å²) in [5, 5.41) is 3.50. The topological polar surface area (TPSA) is 73.8 Å². The van der Waals surface area contributed by atoms with Crippen molar-refractivity contribution in [3.8, 4) is 5.69 Å². The zero-order valence-corrected chi connectivity index (χ0v) is 10.1. The number of rotatable bonds is 2. The van der Waals surface area contributed by atoms with Crippen molar-refractivity contribution in [3.05, 3.63) is 41.2 Å². The van der Waals surface area contributed by atoms with Gasteiger partial charge in [-0.3, -0.25) is 4.79 Å². The highest BCUT2D eigenvalue weighted by molar-refractivity contribution is 5.94. The third-order valence-electron chi connectivity index (χ3n) is 2.58. The van der Waals surface area contributed by atoms with Gasteiger partial charge in [-0.2, -0.15) is 22.7 Å². The molecule has 0 aliphatic rings. The third-order valence-corrected chi connectivity index (χ3v) is 2.58. The van der Waals surface area contributed by atoms with Crippen molar-refractivity contribution in [2.24, 2.45) is 5.73 Å². The lowest BCUT2D eigenvalue weighted by Crippen LogP contribution is -2.21. The average Bonchev–Trinajstić information content (AvgIpc) is 2.73. The summed E-state index contributed by atoms with van der Waals surface area (Å²) in [5.74, 6) is -2.08. The molecule has 2 aromatic heterocycles. The summed E-state index contributed by atoms with van der Waals surface area (Å²) in [6.45, 7) is 1.39. The summed E-state index contributed by atoms with van der Waals surface area (Å²) in [7, 11) is 0. The molecule has 106 valence electrons. The Hall–Kier alpha value is -2.45. The third kappa shape index (κ3) is 2.33. The van der Waals surface area contributed by atoms with Gasteiger partial charge in [-0.1, -0.05) is 0 Å². The smallest absolute Gasteiger partial charge is 0.365 e. The minimum atomic E-state index is -4.85. The van der Waals surface area contributed by atoms with E-state index in [9.17, 15) is 22.4 Å². The quantitative estimate of drug-likeness (QED) is 0.676. The fourth-order valence-corrected chi connectivity index (χ4v) is 1.72. The minimum Gasteiger partial charge on any atom is -0.365 e. The second kappa shape index (κ2) is 4.58. The van der Waals surface area contributed by atoms with E-state index in [4.69, 9.17) is 5.73 Å². The van der Waals surface area contributed by atoms with Crippen LogP contribution in [-0.4, -0.2) is 20.7 Å². The molecule has 2 aromatic rings. The van der Waals surface area contributed by atoms with E-state index in [-0.39, 0.29) is 11.3 Å². The maximum atomic E-state index is 13.0. The van der Waals surface area contributed by atoms with Crippen molar-refractivity contribution in [2.75, 3.05) is 0 Å². The van der Waals surface area contributed by atoms with Crippen LogP contribution in [0.1, 0.15) is 21.6 Å². The fraction of sp³-hybridized carbons (Fsp3) is 0.182. The number of carbonyl (C=O) groups excluding carboxylic acids is 1. The highest BCUT2D eigenvalue weighted by atomic mass is 19.4. The number of nitrogens with zero attached hydrogens (tertiary/aromatic N) is 3. The molecule has 2 rings (SSSR count). The van der Waals surface area contributed by atoms with Crippen molar-refractivity contribution >= 4 is 5.91 Å². The van der Waals surface area contributed by atoms with Gasteiger partial charge in [0, 0.05) is 0 Å². The Kier molecular flexibility index (Phi) is 3.20. The normalized spacial score (nSPS) is 11.7. The number of nitrogens with two attached hydrogens (primary N) is 1. The van der Waals surface area contributed by atoms with Gasteiger partial charge in [-0.05, 0) is 18.6 Å². The van der Waals surface area contributed by atoms with Gasteiger partial charge in [0.2, 0.25) is 5.95 Å². The van der Waals surface area contributed by atoms with E-state index in [0.717, 1.165) is 12.3 Å². The molecule has 0 aromatic carbocycles. The number of primary amides is 1. The molecule has 0 saturated carbocycles. The Balaban J connectivity index is 2.72. The molecule has 2 N–H and O–H groups in total. The van der Waals surface area contributed by atoms with Crippen LogP contribution in [-0.2, 0) is 6.18 Å². The van der Waals surface area contributed by atoms with Crippen LogP contribution in [0.15, 0.2) is 18.5 Å². The van der Waals surface area contributed by atoms with Crippen LogP contribution in [0, 0.1) is 12.9 Å². The lowest BCUT2D eigenvalue weighted by molar-refractivity contribution is -0.143. The molecule has 0 atom stereocenters. The molecule has 9 heteroatoms. The van der Waals surface area contributed by atoms with Gasteiger partial charge < -0.3 is 5.73 Å². The van der Waals surface area contributed by atoms with Crippen LogP contribution in [0.2, 0.25) is 0 Å². The number of hydrogen-bond acceptors (Lipinski definition) is 3. The zero-order chi connectivity index (χ0) is 15.1. The molecule has 0 unspecified atom stereocenters. The molecule has 20 heavy (non-hydrogen) atoms. The number of amides is 1. The SMILES string of the molecule is Cc1cc(F)ncc1-n1ncc(C(N)=O)c1C(F)(F)F. The number of carbonyl (C=O) groups is 1. The Morgan fingerprint density at radius 1 is 1.35 bits per heavy atom. The Morgan fingerprint density at radius 2 is 2.00 bits per heavy atom. The highest BCUT2D eigenvalue weighted by Gasteiger charge is 2.40. The van der Waals surface area contributed by atoms with Gasteiger partial charge in [-0.25, -0.2) is 9.67 Å². The molecular weight excluding hydrogens is 280 g/mol. The van der Waals surface area contributed by atoms with Crippen LogP contribution in [0.4, 0.5) is 17.6 Å². The molecule has 0 bridgehead atoms. The number of aromatic nitrogens is 3. The van der Waals surface area contributed by atoms with Crippen molar-refractivity contribution in [2.45, 2.75) is 13.1 Å². The Labute approximate surface area is 110 Å². The molecule has 0 saturated heterocycles. The van der Waals surface area contributed by atoms with E-state index in [2.05, 4.69) is 10.1 Å². The summed E-state index contributed by atoms with van der Waals surface area (Å²) in [5.41, 5.74) is 2.91. The predicted molar refractivity (Wildman–Crippen MR) is 59.6 cm³/mol. The molecule has 0 spiro atoms. The maximum Gasteiger partial charge on any atom is 0.434 e. The zero-order valence-electron chi connectivity index (χ0n) is 10.1. The van der Waals surface area contributed by atoms with E-state index in [1.54, 1.807) is 0 Å². The Bertz CT molecular complexity index is 678. The molecule has 0 fully saturated rings. The summed E-state index contributed by atoms with van der Waals surface area (Å²) >= 11 is 0.